The summed E-state index contributed by atoms with van der Waals surface area (Å²) in [5.74, 6) is 0.526. The van der Waals surface area contributed by atoms with Gasteiger partial charge in [0.15, 0.2) is 17.9 Å². The van der Waals surface area contributed by atoms with Gasteiger partial charge in [0.1, 0.15) is 11.4 Å². The molecule has 3 atom stereocenters. The van der Waals surface area contributed by atoms with E-state index in [2.05, 4.69) is 217 Å². The summed E-state index contributed by atoms with van der Waals surface area (Å²) in [7, 11) is 0.882. The molecular formula is C55H61N3Si+2. The average molecular weight is 792 g/mol. The Balaban J connectivity index is 1.34. The quantitative estimate of drug-likeness (QED) is 0.0565. The Bertz CT molecular complexity index is 2580. The normalized spacial score (nSPS) is 17.3. The summed E-state index contributed by atoms with van der Waals surface area (Å²) in [6.07, 6.45) is 8.73. The molecule has 5 aromatic carbocycles. The van der Waals surface area contributed by atoms with E-state index in [0.717, 1.165) is 25.1 Å². The van der Waals surface area contributed by atoms with Crippen LogP contribution in [0.3, 0.4) is 0 Å². The van der Waals surface area contributed by atoms with Crippen molar-refractivity contribution in [1.82, 2.24) is 4.48 Å². The van der Waals surface area contributed by atoms with Crippen LogP contribution in [0.5, 0.6) is 0 Å². The van der Waals surface area contributed by atoms with Crippen molar-refractivity contribution in [3.8, 4) is 33.5 Å². The summed E-state index contributed by atoms with van der Waals surface area (Å²) >= 11 is 0. The van der Waals surface area contributed by atoms with Crippen molar-refractivity contribution in [2.45, 2.75) is 78.1 Å². The third-order valence-corrected chi connectivity index (χ3v) is 15.2. The number of aromatic nitrogens is 1. The molecule has 0 fully saturated rings. The molecule has 3 unspecified atom stereocenters. The second-order valence-corrected chi connectivity index (χ2v) is 23.0. The summed E-state index contributed by atoms with van der Waals surface area (Å²) < 4.78 is 3.37. The van der Waals surface area contributed by atoms with Crippen LogP contribution in [0.25, 0.3) is 33.5 Å². The van der Waals surface area contributed by atoms with E-state index in [9.17, 15) is 0 Å². The van der Waals surface area contributed by atoms with E-state index in [1.165, 1.54) is 78.0 Å². The van der Waals surface area contributed by atoms with E-state index in [1.807, 2.05) is 6.08 Å². The fourth-order valence-corrected chi connectivity index (χ4v) is 10.9. The largest absolute Gasteiger partial charge is 0.350 e. The standard InChI is InChI=1S/C55H61N3Si/c1-10-23-39(11-2)53-52(36-50-54(53)45-29-20-19-28-44(45)49-33-32-43(37-57(49)50)59(7,8)9)58(6,12-3)51-31-22-21-30-48(51)56-55-46(38(4)5)34-42(40-24-15-13-16-25-40)35-47(55)41-26-17-14-18-27-41/h10,13-35,37-38,50,54,56H,1,11-12,36H2,2-9H3/q+2/b39-23+. The van der Waals surface area contributed by atoms with Gasteiger partial charge in [0, 0.05) is 28.5 Å². The smallest absolute Gasteiger partial charge is 0.213 e. The van der Waals surface area contributed by atoms with E-state index in [1.54, 1.807) is 0 Å². The van der Waals surface area contributed by atoms with Gasteiger partial charge in [-0.3, -0.25) is 4.48 Å². The number of quaternary nitrogens is 1. The molecule has 0 spiro atoms. The molecule has 298 valence electrons. The van der Waals surface area contributed by atoms with Crippen LogP contribution in [0.2, 0.25) is 19.6 Å². The molecular weight excluding hydrogens is 731 g/mol. The van der Waals surface area contributed by atoms with Crippen LogP contribution in [-0.2, 0) is 0 Å². The first-order valence-corrected chi connectivity index (χ1v) is 25.2. The van der Waals surface area contributed by atoms with Crippen molar-refractivity contribution >= 4 is 30.3 Å². The van der Waals surface area contributed by atoms with Gasteiger partial charge in [0.25, 0.3) is 0 Å². The van der Waals surface area contributed by atoms with Crippen molar-refractivity contribution in [2.24, 2.45) is 0 Å². The number of benzene rings is 5. The van der Waals surface area contributed by atoms with Gasteiger partial charge >= 0.3 is 0 Å². The van der Waals surface area contributed by atoms with Crippen molar-refractivity contribution in [3.63, 3.8) is 0 Å². The molecule has 0 radical (unpaired) electrons. The number of hydrogen-bond acceptors (Lipinski definition) is 1. The lowest BCUT2D eigenvalue weighted by atomic mass is 9.79. The summed E-state index contributed by atoms with van der Waals surface area (Å²) in [6, 6.07) is 49.9. The van der Waals surface area contributed by atoms with E-state index in [-0.39, 0.29) is 12.0 Å². The minimum absolute atomic E-state index is 0.230. The molecule has 0 saturated carbocycles. The van der Waals surface area contributed by atoms with E-state index in [4.69, 9.17) is 0 Å². The molecule has 0 bridgehead atoms. The lowest BCUT2D eigenvalue weighted by Gasteiger charge is -2.36. The molecule has 0 amide bonds. The van der Waals surface area contributed by atoms with E-state index in [0.29, 0.717) is 10.4 Å². The zero-order valence-electron chi connectivity index (χ0n) is 36.4. The van der Waals surface area contributed by atoms with Crippen LogP contribution < -0.4 is 19.6 Å². The minimum Gasteiger partial charge on any atom is -0.350 e. The molecule has 1 aliphatic heterocycles. The summed E-state index contributed by atoms with van der Waals surface area (Å²) in [4.78, 5) is 0. The van der Waals surface area contributed by atoms with Crippen molar-refractivity contribution in [2.75, 3.05) is 18.9 Å². The first-order chi connectivity index (χ1) is 28.5. The first kappa shape index (κ1) is 40.2. The number of nitrogens with zero attached hydrogens (tertiary/aromatic N) is 2. The average Bonchev–Trinajstić information content (AvgIpc) is 3.67. The van der Waals surface area contributed by atoms with Crippen LogP contribution >= 0.6 is 0 Å². The molecule has 1 N–H and O–H groups in total. The number of nitrogens with one attached hydrogen (secondary N) is 1. The number of pyridine rings is 1. The Morgan fingerprint density at radius 2 is 1.46 bits per heavy atom. The Kier molecular flexibility index (Phi) is 11.1. The Hall–Kier alpha value is -5.55. The summed E-state index contributed by atoms with van der Waals surface area (Å²) in [5, 5.41) is 5.67. The lowest BCUT2D eigenvalue weighted by Crippen LogP contribution is -2.52. The fourth-order valence-electron chi connectivity index (χ4n) is 9.83. The zero-order chi connectivity index (χ0) is 41.5. The third kappa shape index (κ3) is 7.28. The molecule has 0 saturated heterocycles. The summed E-state index contributed by atoms with van der Waals surface area (Å²) in [5.41, 5.74) is 18.3. The molecule has 4 heteroatoms. The molecule has 2 aliphatic rings. The van der Waals surface area contributed by atoms with Gasteiger partial charge in [-0.25, -0.2) is 0 Å². The maximum Gasteiger partial charge on any atom is 0.213 e. The number of rotatable bonds is 12. The SMILES string of the molecule is C=C/C=C(\CC)C1=C([N+](C)(CC)c2ccccc2Nc2c(-c3ccccc3)cc(-c3ccccc3)cc2C(C)C)CC2C1c1ccccc1-c1ccc([Si](C)(C)C)c[n+]12. The molecule has 3 nitrogen and oxygen atoms in total. The second-order valence-electron chi connectivity index (χ2n) is 18.0. The van der Waals surface area contributed by atoms with Gasteiger partial charge in [-0.1, -0.05) is 156 Å². The molecule has 2 heterocycles. The highest BCUT2D eigenvalue weighted by Crippen LogP contribution is 2.56. The Labute approximate surface area is 354 Å². The van der Waals surface area contributed by atoms with Crippen LogP contribution in [0.1, 0.15) is 69.5 Å². The lowest BCUT2D eigenvalue weighted by molar-refractivity contribution is -0.714. The Morgan fingerprint density at radius 1 is 0.797 bits per heavy atom. The highest BCUT2D eigenvalue weighted by molar-refractivity contribution is 6.88. The molecule has 1 aliphatic carbocycles. The van der Waals surface area contributed by atoms with Crippen molar-refractivity contribution in [1.29, 1.82) is 0 Å². The maximum absolute atomic E-state index is 4.24. The highest BCUT2D eigenvalue weighted by atomic mass is 28.3. The predicted molar refractivity (Wildman–Crippen MR) is 256 cm³/mol. The van der Waals surface area contributed by atoms with Crippen molar-refractivity contribution in [3.05, 3.63) is 186 Å². The topological polar surface area (TPSA) is 15.9 Å². The highest BCUT2D eigenvalue weighted by Gasteiger charge is 2.53. The molecule has 6 aromatic rings. The number of hydrogen-bond donors (Lipinski definition) is 1. The second kappa shape index (κ2) is 16.2. The number of allylic oxidation sites excluding steroid dienone is 5. The van der Waals surface area contributed by atoms with E-state index >= 15 is 0 Å². The van der Waals surface area contributed by atoms with Gasteiger partial charge in [-0.15, -0.1) is 0 Å². The number of fused-ring (bicyclic) bond motifs is 6. The minimum atomic E-state index is -1.58. The van der Waals surface area contributed by atoms with Crippen LogP contribution in [0.15, 0.2) is 175 Å². The fraction of sp³-hybridized carbons (Fsp3) is 0.255. The van der Waals surface area contributed by atoms with Gasteiger partial charge in [-0.05, 0) is 76.9 Å². The summed E-state index contributed by atoms with van der Waals surface area (Å²) in [6.45, 7) is 21.9. The first-order valence-electron chi connectivity index (χ1n) is 21.7. The molecule has 8 rings (SSSR count). The predicted octanol–water partition coefficient (Wildman–Crippen LogP) is 13.9. The van der Waals surface area contributed by atoms with Crippen LogP contribution in [-0.4, -0.2) is 21.7 Å². The number of para-hydroxylation sites is 2. The molecule has 1 aromatic heterocycles. The zero-order valence-corrected chi connectivity index (χ0v) is 37.4. The monoisotopic (exact) mass is 791 g/mol. The van der Waals surface area contributed by atoms with Gasteiger partial charge < -0.3 is 5.32 Å². The third-order valence-electron chi connectivity index (χ3n) is 13.1. The number of anilines is 2. The van der Waals surface area contributed by atoms with Crippen molar-refractivity contribution < 1.29 is 4.57 Å². The van der Waals surface area contributed by atoms with Gasteiger partial charge in [0.05, 0.1) is 45.3 Å². The molecule has 59 heavy (non-hydrogen) atoms. The Morgan fingerprint density at radius 3 is 2.12 bits per heavy atom. The maximum atomic E-state index is 4.24. The van der Waals surface area contributed by atoms with Gasteiger partial charge in [0.2, 0.25) is 5.69 Å². The van der Waals surface area contributed by atoms with Gasteiger partial charge in [-0.2, -0.15) is 4.57 Å². The van der Waals surface area contributed by atoms with E-state index < -0.39 is 8.07 Å². The van der Waals surface area contributed by atoms with Crippen LogP contribution in [0, 0.1) is 0 Å². The van der Waals surface area contributed by atoms with Crippen LogP contribution in [0.4, 0.5) is 17.1 Å².